The second kappa shape index (κ2) is 5.98. The summed E-state index contributed by atoms with van der Waals surface area (Å²) in [7, 11) is 1.86. The molecule has 1 atom stereocenters. The fourth-order valence-corrected chi connectivity index (χ4v) is 2.17. The first-order valence-electron chi connectivity index (χ1n) is 5.87. The maximum absolute atomic E-state index is 9.46. The molecule has 0 aliphatic rings. The molecule has 1 heterocycles. The van der Waals surface area contributed by atoms with E-state index in [4.69, 9.17) is 11.6 Å². The Morgan fingerprint density at radius 1 is 1.39 bits per heavy atom. The fraction of sp³-hybridized carbons (Fsp3) is 0.385. The van der Waals surface area contributed by atoms with E-state index in [2.05, 4.69) is 10.1 Å². The Hall–Kier alpha value is -1.39. The lowest BCUT2D eigenvalue weighted by Crippen LogP contribution is -2.15. The van der Waals surface area contributed by atoms with Crippen molar-refractivity contribution in [2.75, 3.05) is 6.61 Å². The van der Waals surface area contributed by atoms with Gasteiger partial charge in [-0.1, -0.05) is 23.7 Å². The molecule has 0 radical (unpaired) electrons. The predicted octanol–water partition coefficient (Wildman–Crippen LogP) is 1.86. The lowest BCUT2D eigenvalue weighted by molar-refractivity contribution is 0.222. The third-order valence-electron chi connectivity index (χ3n) is 2.95. The third kappa shape index (κ3) is 3.31. The van der Waals surface area contributed by atoms with E-state index in [0.717, 1.165) is 22.8 Å². The van der Waals surface area contributed by atoms with Gasteiger partial charge in [0, 0.05) is 25.1 Å². The van der Waals surface area contributed by atoms with Crippen molar-refractivity contribution < 1.29 is 5.11 Å². The van der Waals surface area contributed by atoms with Crippen LogP contribution in [0.15, 0.2) is 30.6 Å². The van der Waals surface area contributed by atoms with E-state index in [0.29, 0.717) is 6.42 Å². The SMILES string of the molecule is Cn1ncnc1CC(CO)Cc1cccc(Cl)c1. The van der Waals surface area contributed by atoms with Crippen LogP contribution in [0.2, 0.25) is 5.02 Å². The summed E-state index contributed by atoms with van der Waals surface area (Å²) >= 11 is 5.95. The quantitative estimate of drug-likeness (QED) is 0.898. The van der Waals surface area contributed by atoms with Crippen molar-refractivity contribution in [2.24, 2.45) is 13.0 Å². The highest BCUT2D eigenvalue weighted by molar-refractivity contribution is 6.30. The molecule has 0 spiro atoms. The second-order valence-electron chi connectivity index (χ2n) is 4.39. The van der Waals surface area contributed by atoms with Crippen LogP contribution in [0.4, 0.5) is 0 Å². The zero-order valence-electron chi connectivity index (χ0n) is 10.3. The first kappa shape index (κ1) is 13.1. The molecule has 0 saturated heterocycles. The number of nitrogens with zero attached hydrogens (tertiary/aromatic N) is 3. The molecule has 0 amide bonds. The van der Waals surface area contributed by atoms with Crippen LogP contribution < -0.4 is 0 Å². The Labute approximate surface area is 111 Å². The van der Waals surface area contributed by atoms with Gasteiger partial charge in [-0.25, -0.2) is 4.98 Å². The topological polar surface area (TPSA) is 50.9 Å². The van der Waals surface area contributed by atoms with Crippen LogP contribution in [-0.2, 0) is 19.9 Å². The van der Waals surface area contributed by atoms with Gasteiger partial charge in [0.2, 0.25) is 0 Å². The van der Waals surface area contributed by atoms with E-state index in [1.54, 1.807) is 4.68 Å². The molecule has 5 heteroatoms. The number of hydrogen-bond donors (Lipinski definition) is 1. The Kier molecular flexibility index (Phi) is 4.33. The summed E-state index contributed by atoms with van der Waals surface area (Å²) in [5.74, 6) is 1.02. The van der Waals surface area contributed by atoms with E-state index in [9.17, 15) is 5.11 Å². The molecule has 0 aliphatic heterocycles. The van der Waals surface area contributed by atoms with Gasteiger partial charge in [-0.3, -0.25) is 4.68 Å². The predicted molar refractivity (Wildman–Crippen MR) is 70.4 cm³/mol. The van der Waals surface area contributed by atoms with Crippen molar-refractivity contribution in [1.29, 1.82) is 0 Å². The molecule has 2 aromatic rings. The summed E-state index contributed by atoms with van der Waals surface area (Å²) in [6, 6.07) is 7.72. The van der Waals surface area contributed by atoms with Crippen LogP contribution in [-0.4, -0.2) is 26.5 Å². The van der Waals surface area contributed by atoms with Gasteiger partial charge in [0.1, 0.15) is 12.2 Å². The first-order chi connectivity index (χ1) is 8.69. The van der Waals surface area contributed by atoms with Crippen molar-refractivity contribution in [1.82, 2.24) is 14.8 Å². The molecule has 0 aliphatic carbocycles. The molecular weight excluding hydrogens is 250 g/mol. The molecule has 1 unspecified atom stereocenters. The van der Waals surface area contributed by atoms with E-state index in [-0.39, 0.29) is 12.5 Å². The van der Waals surface area contributed by atoms with Crippen molar-refractivity contribution in [3.63, 3.8) is 0 Å². The van der Waals surface area contributed by atoms with Crippen LogP contribution in [0.1, 0.15) is 11.4 Å². The molecule has 96 valence electrons. The lowest BCUT2D eigenvalue weighted by Gasteiger charge is -2.13. The molecule has 4 nitrogen and oxygen atoms in total. The van der Waals surface area contributed by atoms with Gasteiger partial charge in [-0.2, -0.15) is 5.10 Å². The van der Waals surface area contributed by atoms with Crippen molar-refractivity contribution in [3.8, 4) is 0 Å². The van der Waals surface area contributed by atoms with E-state index >= 15 is 0 Å². The van der Waals surface area contributed by atoms with Crippen LogP contribution in [0.5, 0.6) is 0 Å². The Balaban J connectivity index is 2.04. The number of rotatable bonds is 5. The number of aromatic nitrogens is 3. The van der Waals surface area contributed by atoms with Gasteiger partial charge in [-0.15, -0.1) is 0 Å². The number of benzene rings is 1. The average Bonchev–Trinajstić information content (AvgIpc) is 2.74. The van der Waals surface area contributed by atoms with Crippen LogP contribution in [0.3, 0.4) is 0 Å². The van der Waals surface area contributed by atoms with Crippen LogP contribution in [0.25, 0.3) is 0 Å². The molecule has 0 fully saturated rings. The Morgan fingerprint density at radius 2 is 2.22 bits per heavy atom. The zero-order chi connectivity index (χ0) is 13.0. The first-order valence-corrected chi connectivity index (χ1v) is 6.25. The zero-order valence-corrected chi connectivity index (χ0v) is 11.0. The molecule has 18 heavy (non-hydrogen) atoms. The maximum Gasteiger partial charge on any atom is 0.138 e. The maximum atomic E-state index is 9.46. The van der Waals surface area contributed by atoms with E-state index in [1.165, 1.54) is 6.33 Å². The fourth-order valence-electron chi connectivity index (χ4n) is 1.96. The number of aryl methyl sites for hydroxylation is 1. The summed E-state index contributed by atoms with van der Waals surface area (Å²) in [4.78, 5) is 4.18. The second-order valence-corrected chi connectivity index (χ2v) is 4.82. The Bertz CT molecular complexity index is 512. The summed E-state index contributed by atoms with van der Waals surface area (Å²) in [5.41, 5.74) is 1.13. The normalized spacial score (nSPS) is 12.6. The third-order valence-corrected chi connectivity index (χ3v) is 3.18. The molecular formula is C13H16ClN3O. The van der Waals surface area contributed by atoms with Crippen LogP contribution >= 0.6 is 11.6 Å². The minimum atomic E-state index is 0.124. The van der Waals surface area contributed by atoms with Gasteiger partial charge in [0.15, 0.2) is 0 Å². The van der Waals surface area contributed by atoms with Crippen molar-refractivity contribution in [2.45, 2.75) is 12.8 Å². The highest BCUT2D eigenvalue weighted by atomic mass is 35.5. The molecule has 2 rings (SSSR count). The van der Waals surface area contributed by atoms with E-state index in [1.807, 2.05) is 31.3 Å². The minimum Gasteiger partial charge on any atom is -0.396 e. The highest BCUT2D eigenvalue weighted by Crippen LogP contribution is 2.16. The van der Waals surface area contributed by atoms with Crippen molar-refractivity contribution in [3.05, 3.63) is 47.0 Å². The highest BCUT2D eigenvalue weighted by Gasteiger charge is 2.13. The monoisotopic (exact) mass is 265 g/mol. The number of halogens is 1. The molecule has 0 bridgehead atoms. The summed E-state index contributed by atoms with van der Waals surface area (Å²) < 4.78 is 1.74. The average molecular weight is 266 g/mol. The molecule has 1 N–H and O–H groups in total. The van der Waals surface area contributed by atoms with Gasteiger partial charge >= 0.3 is 0 Å². The molecule has 0 saturated carbocycles. The summed E-state index contributed by atoms with van der Waals surface area (Å²) in [5, 5.41) is 14.2. The van der Waals surface area contributed by atoms with Gasteiger partial charge in [-0.05, 0) is 30.0 Å². The summed E-state index contributed by atoms with van der Waals surface area (Å²) in [6.45, 7) is 0.124. The van der Waals surface area contributed by atoms with Gasteiger partial charge in [0.05, 0.1) is 0 Å². The standard InChI is InChI=1S/C13H16ClN3O/c1-17-13(15-9-16-17)7-11(8-18)5-10-3-2-4-12(14)6-10/h2-4,6,9,11,18H,5,7-8H2,1H3. The van der Waals surface area contributed by atoms with Gasteiger partial charge in [0.25, 0.3) is 0 Å². The molecule has 1 aromatic carbocycles. The smallest absolute Gasteiger partial charge is 0.138 e. The minimum absolute atomic E-state index is 0.124. The van der Waals surface area contributed by atoms with Crippen LogP contribution in [0, 0.1) is 5.92 Å². The number of aliphatic hydroxyl groups is 1. The number of hydrogen-bond acceptors (Lipinski definition) is 3. The number of aliphatic hydroxyl groups excluding tert-OH is 1. The largest absolute Gasteiger partial charge is 0.396 e. The van der Waals surface area contributed by atoms with E-state index < -0.39 is 0 Å². The van der Waals surface area contributed by atoms with Crippen molar-refractivity contribution >= 4 is 11.6 Å². The Morgan fingerprint density at radius 3 is 2.83 bits per heavy atom. The molecule has 1 aromatic heterocycles. The van der Waals surface area contributed by atoms with Gasteiger partial charge < -0.3 is 5.11 Å². The lowest BCUT2D eigenvalue weighted by atomic mass is 9.96. The summed E-state index contributed by atoms with van der Waals surface area (Å²) in [6.07, 6.45) is 3.02.